The van der Waals surface area contributed by atoms with Crippen LogP contribution < -0.4 is 5.32 Å². The van der Waals surface area contributed by atoms with E-state index in [0.717, 1.165) is 0 Å². The first-order valence-corrected chi connectivity index (χ1v) is 5.80. The maximum Gasteiger partial charge on any atom is 0.251 e. The number of amides is 1. The van der Waals surface area contributed by atoms with Crippen LogP contribution in [0, 0.1) is 0 Å². The van der Waals surface area contributed by atoms with Crippen molar-refractivity contribution >= 4 is 5.91 Å². The molecule has 0 aromatic rings. The zero-order valence-electron chi connectivity index (χ0n) is 9.99. The molecule has 0 aromatic carbocycles. The van der Waals surface area contributed by atoms with Gasteiger partial charge in [-0.1, -0.05) is 13.8 Å². The van der Waals surface area contributed by atoms with E-state index in [1.807, 2.05) is 13.8 Å². The molecular formula is C11H21NO4. The van der Waals surface area contributed by atoms with Gasteiger partial charge in [0.25, 0.3) is 5.91 Å². The lowest BCUT2D eigenvalue weighted by Gasteiger charge is -2.27. The summed E-state index contributed by atoms with van der Waals surface area (Å²) in [5.74, 6) is -0.208. The summed E-state index contributed by atoms with van der Waals surface area (Å²) >= 11 is 0. The third-order valence-corrected chi connectivity index (χ3v) is 3.02. The monoisotopic (exact) mass is 231 g/mol. The number of carbonyl (C=O) groups is 1. The minimum atomic E-state index is -0.814. The Balaban J connectivity index is 2.33. The molecule has 5 heteroatoms. The summed E-state index contributed by atoms with van der Waals surface area (Å²) in [5, 5.41) is 12.7. The summed E-state index contributed by atoms with van der Waals surface area (Å²) in [6.07, 6.45) is 0.698. The van der Waals surface area contributed by atoms with Crippen LogP contribution in [0.25, 0.3) is 0 Å². The van der Waals surface area contributed by atoms with E-state index in [-0.39, 0.29) is 12.5 Å². The molecule has 1 fully saturated rings. The Hall–Kier alpha value is -0.650. The highest BCUT2D eigenvalue weighted by Crippen LogP contribution is 2.13. The second kappa shape index (κ2) is 6.18. The number of hydrogen-bond acceptors (Lipinski definition) is 4. The summed E-state index contributed by atoms with van der Waals surface area (Å²) in [7, 11) is 0. The highest BCUT2D eigenvalue weighted by Gasteiger charge is 2.27. The fourth-order valence-corrected chi connectivity index (χ4v) is 1.50. The standard InChI is InChI=1S/C11H21NO4/c1-3-11(14,4-2)8-12-10(13)9-7-15-5-6-16-9/h9,14H,3-8H2,1-2H3,(H,12,13). The van der Waals surface area contributed by atoms with Gasteiger partial charge in [-0.3, -0.25) is 4.79 Å². The maximum absolute atomic E-state index is 11.6. The van der Waals surface area contributed by atoms with E-state index in [0.29, 0.717) is 32.7 Å². The fraction of sp³-hybridized carbons (Fsp3) is 0.909. The van der Waals surface area contributed by atoms with Crippen molar-refractivity contribution in [3.63, 3.8) is 0 Å². The molecule has 5 nitrogen and oxygen atoms in total. The van der Waals surface area contributed by atoms with Gasteiger partial charge in [-0.15, -0.1) is 0 Å². The third kappa shape index (κ3) is 3.73. The molecule has 2 N–H and O–H groups in total. The Morgan fingerprint density at radius 1 is 1.44 bits per heavy atom. The highest BCUT2D eigenvalue weighted by molar-refractivity contribution is 5.81. The van der Waals surface area contributed by atoms with E-state index in [1.54, 1.807) is 0 Å². The van der Waals surface area contributed by atoms with Crippen LogP contribution in [0.5, 0.6) is 0 Å². The van der Waals surface area contributed by atoms with Gasteiger partial charge in [-0.25, -0.2) is 0 Å². The van der Waals surface area contributed by atoms with Crippen molar-refractivity contribution < 1.29 is 19.4 Å². The molecule has 1 rings (SSSR count). The van der Waals surface area contributed by atoms with Gasteiger partial charge in [0.15, 0.2) is 6.10 Å². The summed E-state index contributed by atoms with van der Waals surface area (Å²) in [5.41, 5.74) is -0.814. The van der Waals surface area contributed by atoms with E-state index in [9.17, 15) is 9.90 Å². The van der Waals surface area contributed by atoms with Gasteiger partial charge < -0.3 is 19.9 Å². The molecule has 0 aliphatic carbocycles. The van der Waals surface area contributed by atoms with Crippen LogP contribution in [0.15, 0.2) is 0 Å². The lowest BCUT2D eigenvalue weighted by Crippen LogP contribution is -2.48. The van der Waals surface area contributed by atoms with Crippen LogP contribution in [-0.4, -0.2) is 49.1 Å². The predicted molar refractivity (Wildman–Crippen MR) is 59.1 cm³/mol. The lowest BCUT2D eigenvalue weighted by molar-refractivity contribution is -0.148. The molecule has 1 heterocycles. The summed E-state index contributed by atoms with van der Waals surface area (Å²) in [6, 6.07) is 0. The number of nitrogens with one attached hydrogen (secondary N) is 1. The number of ether oxygens (including phenoxy) is 2. The number of carbonyl (C=O) groups excluding carboxylic acids is 1. The van der Waals surface area contributed by atoms with E-state index in [4.69, 9.17) is 9.47 Å². The molecule has 0 spiro atoms. The Bertz CT molecular complexity index is 222. The van der Waals surface area contributed by atoms with E-state index < -0.39 is 11.7 Å². The molecule has 1 saturated heterocycles. The van der Waals surface area contributed by atoms with Crippen molar-refractivity contribution in [1.29, 1.82) is 0 Å². The lowest BCUT2D eigenvalue weighted by atomic mass is 9.97. The Kier molecular flexibility index (Phi) is 5.18. The molecule has 1 amide bonds. The quantitative estimate of drug-likeness (QED) is 0.702. The van der Waals surface area contributed by atoms with Crippen LogP contribution in [-0.2, 0) is 14.3 Å². The molecule has 1 aliphatic rings. The second-order valence-electron chi connectivity index (χ2n) is 4.08. The molecule has 16 heavy (non-hydrogen) atoms. The molecule has 0 bridgehead atoms. The number of aliphatic hydroxyl groups is 1. The van der Waals surface area contributed by atoms with Gasteiger partial charge in [0.2, 0.25) is 0 Å². The van der Waals surface area contributed by atoms with Gasteiger partial charge in [0.1, 0.15) is 0 Å². The molecule has 0 saturated carbocycles. The van der Waals surface area contributed by atoms with Crippen LogP contribution in [0.2, 0.25) is 0 Å². The van der Waals surface area contributed by atoms with Gasteiger partial charge in [0, 0.05) is 6.54 Å². The van der Waals surface area contributed by atoms with Gasteiger partial charge in [-0.2, -0.15) is 0 Å². The van der Waals surface area contributed by atoms with E-state index in [2.05, 4.69) is 5.32 Å². The molecule has 0 radical (unpaired) electrons. The summed E-state index contributed by atoms with van der Waals surface area (Å²) in [6.45, 7) is 5.34. The second-order valence-corrected chi connectivity index (χ2v) is 4.08. The first-order chi connectivity index (χ1) is 7.61. The minimum absolute atomic E-state index is 0.208. The molecule has 1 aliphatic heterocycles. The molecule has 0 aromatic heterocycles. The highest BCUT2D eigenvalue weighted by atomic mass is 16.6. The van der Waals surface area contributed by atoms with Gasteiger partial charge >= 0.3 is 0 Å². The first kappa shape index (κ1) is 13.4. The molecule has 1 unspecified atom stereocenters. The molecular weight excluding hydrogens is 210 g/mol. The predicted octanol–water partition coefficient (Wildman–Crippen LogP) is 0.0691. The van der Waals surface area contributed by atoms with Gasteiger partial charge in [0.05, 0.1) is 25.4 Å². The van der Waals surface area contributed by atoms with Gasteiger partial charge in [-0.05, 0) is 12.8 Å². The number of rotatable bonds is 5. The van der Waals surface area contributed by atoms with Crippen LogP contribution in [0.1, 0.15) is 26.7 Å². The zero-order chi connectivity index (χ0) is 12.0. The number of hydrogen-bond donors (Lipinski definition) is 2. The summed E-state index contributed by atoms with van der Waals surface area (Å²) < 4.78 is 10.4. The molecule has 94 valence electrons. The SMILES string of the molecule is CCC(O)(CC)CNC(=O)C1COCCO1. The fourth-order valence-electron chi connectivity index (χ4n) is 1.50. The van der Waals surface area contributed by atoms with Crippen molar-refractivity contribution in [3.8, 4) is 0 Å². The topological polar surface area (TPSA) is 67.8 Å². The minimum Gasteiger partial charge on any atom is -0.388 e. The van der Waals surface area contributed by atoms with Crippen LogP contribution in [0.3, 0.4) is 0 Å². The zero-order valence-corrected chi connectivity index (χ0v) is 9.99. The Morgan fingerprint density at radius 2 is 2.12 bits per heavy atom. The normalized spacial score (nSPS) is 21.8. The van der Waals surface area contributed by atoms with Crippen molar-refractivity contribution in [3.05, 3.63) is 0 Å². The van der Waals surface area contributed by atoms with Crippen molar-refractivity contribution in [2.24, 2.45) is 0 Å². The first-order valence-electron chi connectivity index (χ1n) is 5.80. The van der Waals surface area contributed by atoms with Crippen molar-refractivity contribution in [1.82, 2.24) is 5.32 Å². The van der Waals surface area contributed by atoms with Crippen LogP contribution >= 0.6 is 0 Å². The Labute approximate surface area is 96.1 Å². The third-order valence-electron chi connectivity index (χ3n) is 3.02. The van der Waals surface area contributed by atoms with Crippen molar-refractivity contribution in [2.45, 2.75) is 38.4 Å². The van der Waals surface area contributed by atoms with E-state index in [1.165, 1.54) is 0 Å². The Morgan fingerprint density at radius 3 is 2.62 bits per heavy atom. The maximum atomic E-state index is 11.6. The average Bonchev–Trinajstić information content (AvgIpc) is 2.36. The average molecular weight is 231 g/mol. The van der Waals surface area contributed by atoms with Crippen LogP contribution in [0.4, 0.5) is 0 Å². The molecule has 1 atom stereocenters. The largest absolute Gasteiger partial charge is 0.388 e. The van der Waals surface area contributed by atoms with E-state index >= 15 is 0 Å². The summed E-state index contributed by atoms with van der Waals surface area (Å²) in [4.78, 5) is 11.6. The smallest absolute Gasteiger partial charge is 0.251 e. The van der Waals surface area contributed by atoms with Crippen molar-refractivity contribution in [2.75, 3.05) is 26.4 Å².